The largest absolute Gasteiger partial charge is 0.497 e. The van der Waals surface area contributed by atoms with E-state index in [1.807, 2.05) is 34.1 Å². The topological polar surface area (TPSA) is 49.9 Å². The van der Waals surface area contributed by atoms with E-state index in [-0.39, 0.29) is 11.8 Å². The van der Waals surface area contributed by atoms with Crippen LogP contribution in [0.4, 0.5) is 0 Å². The van der Waals surface area contributed by atoms with Gasteiger partial charge in [-0.05, 0) is 42.9 Å². The average molecular weight is 401 g/mol. The molecule has 1 aromatic rings. The molecular weight excluding hydrogens is 364 g/mol. The molecule has 2 amide bonds. The zero-order valence-electron chi connectivity index (χ0n) is 17.9. The van der Waals surface area contributed by atoms with Gasteiger partial charge in [-0.15, -0.1) is 0 Å². The van der Waals surface area contributed by atoms with Gasteiger partial charge in [0.05, 0.1) is 7.11 Å². The number of hydrogen-bond donors (Lipinski definition) is 0. The standard InChI is InChI=1S/C24H36N2O3/c1-29-22-12-8-21(9-13-22)11-15-24(28)26-17-5-16-25(18-19-26)23(27)14-10-20-6-3-2-4-7-20/h8-9,12-13,20H,2-7,10-11,14-19H2,1H3. The zero-order valence-corrected chi connectivity index (χ0v) is 17.9. The van der Waals surface area contributed by atoms with Crippen LogP contribution in [0.5, 0.6) is 5.75 Å². The van der Waals surface area contributed by atoms with Crippen molar-refractivity contribution in [1.82, 2.24) is 9.80 Å². The lowest BCUT2D eigenvalue weighted by molar-refractivity contribution is -0.133. The normalized spacial score (nSPS) is 18.4. The molecule has 0 bridgehead atoms. The third-order valence-corrected chi connectivity index (χ3v) is 6.48. The summed E-state index contributed by atoms with van der Waals surface area (Å²) in [5.41, 5.74) is 1.15. The number of ether oxygens (including phenoxy) is 1. The van der Waals surface area contributed by atoms with Crippen LogP contribution in [0.25, 0.3) is 0 Å². The van der Waals surface area contributed by atoms with E-state index in [2.05, 4.69) is 0 Å². The van der Waals surface area contributed by atoms with Crippen LogP contribution in [0.1, 0.15) is 63.4 Å². The van der Waals surface area contributed by atoms with Gasteiger partial charge in [0.15, 0.2) is 0 Å². The maximum atomic E-state index is 12.7. The summed E-state index contributed by atoms with van der Waals surface area (Å²) in [6, 6.07) is 7.90. The van der Waals surface area contributed by atoms with Gasteiger partial charge in [0.2, 0.25) is 11.8 Å². The first-order valence-electron chi connectivity index (χ1n) is 11.3. The second-order valence-electron chi connectivity index (χ2n) is 8.51. The monoisotopic (exact) mass is 400 g/mol. The van der Waals surface area contributed by atoms with E-state index in [9.17, 15) is 9.59 Å². The number of carbonyl (C=O) groups excluding carboxylic acids is 2. The number of methoxy groups -OCH3 is 1. The van der Waals surface area contributed by atoms with Gasteiger partial charge in [-0.25, -0.2) is 0 Å². The van der Waals surface area contributed by atoms with Crippen molar-refractivity contribution < 1.29 is 14.3 Å². The number of amides is 2. The minimum Gasteiger partial charge on any atom is -0.497 e. The summed E-state index contributed by atoms with van der Waals surface area (Å²) in [4.78, 5) is 29.2. The van der Waals surface area contributed by atoms with E-state index in [1.165, 1.54) is 32.1 Å². The van der Waals surface area contributed by atoms with Crippen LogP contribution in [-0.2, 0) is 16.0 Å². The van der Waals surface area contributed by atoms with Gasteiger partial charge in [-0.2, -0.15) is 0 Å². The molecule has 0 N–H and O–H groups in total. The molecule has 5 heteroatoms. The first kappa shape index (κ1) is 21.7. The molecule has 160 valence electrons. The number of nitrogens with zero attached hydrogens (tertiary/aromatic N) is 2. The van der Waals surface area contributed by atoms with Crippen LogP contribution in [0.2, 0.25) is 0 Å². The summed E-state index contributed by atoms with van der Waals surface area (Å²) in [5.74, 6) is 2.05. The lowest BCUT2D eigenvalue weighted by Gasteiger charge is -2.24. The molecule has 1 saturated heterocycles. The molecule has 0 aromatic heterocycles. The highest BCUT2D eigenvalue weighted by Gasteiger charge is 2.23. The van der Waals surface area contributed by atoms with Crippen molar-refractivity contribution in [2.75, 3.05) is 33.3 Å². The van der Waals surface area contributed by atoms with Crippen LogP contribution in [0.3, 0.4) is 0 Å². The Bertz CT molecular complexity index is 653. The molecule has 2 aliphatic rings. The summed E-state index contributed by atoms with van der Waals surface area (Å²) in [6.45, 7) is 2.88. The second kappa shape index (κ2) is 11.2. The first-order valence-corrected chi connectivity index (χ1v) is 11.3. The number of benzene rings is 1. The SMILES string of the molecule is COc1ccc(CCC(=O)N2CCCN(C(=O)CCC3CCCCC3)CC2)cc1. The van der Waals surface area contributed by atoms with E-state index in [4.69, 9.17) is 4.74 Å². The molecule has 1 heterocycles. The van der Waals surface area contributed by atoms with E-state index < -0.39 is 0 Å². The molecule has 3 rings (SSSR count). The molecule has 0 unspecified atom stereocenters. The van der Waals surface area contributed by atoms with Crippen molar-refractivity contribution in [2.45, 2.75) is 64.2 Å². The summed E-state index contributed by atoms with van der Waals surface area (Å²) >= 11 is 0. The third kappa shape index (κ3) is 6.76. The van der Waals surface area contributed by atoms with Crippen LogP contribution in [-0.4, -0.2) is 54.9 Å². The highest BCUT2D eigenvalue weighted by Crippen LogP contribution is 2.27. The molecule has 1 aromatic carbocycles. The van der Waals surface area contributed by atoms with Crippen molar-refractivity contribution in [3.05, 3.63) is 29.8 Å². The van der Waals surface area contributed by atoms with E-state index in [0.29, 0.717) is 25.9 Å². The summed E-state index contributed by atoms with van der Waals surface area (Å²) in [6.07, 6.45) is 10.5. The minimum absolute atomic E-state index is 0.192. The van der Waals surface area contributed by atoms with E-state index in [1.54, 1.807) is 7.11 Å². The number of aryl methyl sites for hydroxylation is 1. The Labute approximate surface area is 175 Å². The summed E-state index contributed by atoms with van der Waals surface area (Å²) in [7, 11) is 1.65. The molecule has 0 spiro atoms. The van der Waals surface area contributed by atoms with Gasteiger partial charge in [-0.3, -0.25) is 9.59 Å². The summed E-state index contributed by atoms with van der Waals surface area (Å²) < 4.78 is 5.18. The van der Waals surface area contributed by atoms with E-state index in [0.717, 1.165) is 49.6 Å². The molecule has 5 nitrogen and oxygen atoms in total. The molecule has 1 aliphatic heterocycles. The van der Waals surface area contributed by atoms with Crippen LogP contribution < -0.4 is 4.74 Å². The quantitative estimate of drug-likeness (QED) is 0.694. The number of rotatable bonds is 7. The molecular formula is C24H36N2O3. The maximum absolute atomic E-state index is 12.7. The number of carbonyl (C=O) groups is 2. The lowest BCUT2D eigenvalue weighted by Crippen LogP contribution is -2.37. The predicted octanol–water partition coefficient (Wildman–Crippen LogP) is 4.05. The van der Waals surface area contributed by atoms with Crippen molar-refractivity contribution >= 4 is 11.8 Å². The number of hydrogen-bond acceptors (Lipinski definition) is 3. The predicted molar refractivity (Wildman–Crippen MR) is 115 cm³/mol. The van der Waals surface area contributed by atoms with Crippen LogP contribution in [0.15, 0.2) is 24.3 Å². The molecule has 0 atom stereocenters. The fourth-order valence-electron chi connectivity index (χ4n) is 4.58. The minimum atomic E-state index is 0.192. The van der Waals surface area contributed by atoms with Gasteiger partial charge in [0.25, 0.3) is 0 Å². The van der Waals surface area contributed by atoms with Gasteiger partial charge in [0, 0.05) is 39.0 Å². The van der Waals surface area contributed by atoms with Crippen LogP contribution in [0, 0.1) is 5.92 Å². The highest BCUT2D eigenvalue weighted by atomic mass is 16.5. The van der Waals surface area contributed by atoms with E-state index >= 15 is 0 Å². The van der Waals surface area contributed by atoms with Crippen molar-refractivity contribution in [3.8, 4) is 5.75 Å². The molecule has 2 fully saturated rings. The highest BCUT2D eigenvalue weighted by molar-refractivity contribution is 5.78. The molecule has 29 heavy (non-hydrogen) atoms. The lowest BCUT2D eigenvalue weighted by atomic mass is 9.86. The Kier molecular flexibility index (Phi) is 8.38. The van der Waals surface area contributed by atoms with Crippen LogP contribution >= 0.6 is 0 Å². The van der Waals surface area contributed by atoms with Crippen molar-refractivity contribution in [2.24, 2.45) is 5.92 Å². The maximum Gasteiger partial charge on any atom is 0.222 e. The van der Waals surface area contributed by atoms with Gasteiger partial charge in [-0.1, -0.05) is 44.2 Å². The van der Waals surface area contributed by atoms with Crippen molar-refractivity contribution in [3.63, 3.8) is 0 Å². The average Bonchev–Trinajstić information content (AvgIpc) is 3.03. The smallest absolute Gasteiger partial charge is 0.222 e. The summed E-state index contributed by atoms with van der Waals surface area (Å²) in [5, 5.41) is 0. The zero-order chi connectivity index (χ0) is 20.5. The Morgan fingerprint density at radius 3 is 2.10 bits per heavy atom. The Morgan fingerprint density at radius 2 is 1.48 bits per heavy atom. The van der Waals surface area contributed by atoms with Gasteiger partial charge < -0.3 is 14.5 Å². The van der Waals surface area contributed by atoms with Gasteiger partial charge >= 0.3 is 0 Å². The second-order valence-corrected chi connectivity index (χ2v) is 8.51. The Balaban J connectivity index is 1.39. The van der Waals surface area contributed by atoms with Crippen molar-refractivity contribution in [1.29, 1.82) is 0 Å². The molecule has 1 aliphatic carbocycles. The van der Waals surface area contributed by atoms with Gasteiger partial charge in [0.1, 0.15) is 5.75 Å². The fraction of sp³-hybridized carbons (Fsp3) is 0.667. The Morgan fingerprint density at radius 1 is 0.862 bits per heavy atom. The first-order chi connectivity index (χ1) is 14.2. The molecule has 1 saturated carbocycles. The third-order valence-electron chi connectivity index (χ3n) is 6.48. The Hall–Kier alpha value is -2.04. The fourth-order valence-corrected chi connectivity index (χ4v) is 4.58. The molecule has 0 radical (unpaired) electrons.